The minimum Gasteiger partial charge on any atom is -0.478 e. The molecule has 13 heavy (non-hydrogen) atoms. The second kappa shape index (κ2) is 3.45. The van der Waals surface area contributed by atoms with Crippen LogP contribution in [0.1, 0.15) is 28.9 Å². The van der Waals surface area contributed by atoms with Crippen LogP contribution in [0.3, 0.4) is 0 Å². The van der Waals surface area contributed by atoms with E-state index in [1.54, 1.807) is 19.1 Å². The number of carboxylic acids is 1. The maximum atomic E-state index is 10.8. The molecule has 1 atom stereocenters. The number of carbonyl (C=O) groups is 1. The lowest BCUT2D eigenvalue weighted by atomic mass is 10.00. The van der Waals surface area contributed by atoms with E-state index in [0.717, 1.165) is 0 Å². The fourth-order valence-corrected chi connectivity index (χ4v) is 1.28. The minimum atomic E-state index is -1.00. The van der Waals surface area contributed by atoms with E-state index in [0.29, 0.717) is 11.3 Å². The lowest BCUT2D eigenvalue weighted by molar-refractivity contribution is 0.0695. The van der Waals surface area contributed by atoms with Crippen LogP contribution < -0.4 is 11.5 Å². The van der Waals surface area contributed by atoms with Gasteiger partial charge in [0.2, 0.25) is 0 Å². The Kier molecular flexibility index (Phi) is 2.53. The van der Waals surface area contributed by atoms with Gasteiger partial charge in [0, 0.05) is 17.3 Å². The third-order valence-corrected chi connectivity index (χ3v) is 1.83. The first-order chi connectivity index (χ1) is 6.04. The number of benzene rings is 1. The number of hydrogen-bond acceptors (Lipinski definition) is 3. The fourth-order valence-electron chi connectivity index (χ4n) is 1.28. The van der Waals surface area contributed by atoms with Gasteiger partial charge in [-0.05, 0) is 19.1 Å². The van der Waals surface area contributed by atoms with Crippen LogP contribution in [0.4, 0.5) is 5.69 Å². The SMILES string of the molecule is C[C@H](N)c1c(N)cccc1C(=O)O. The highest BCUT2D eigenvalue weighted by molar-refractivity contribution is 5.91. The predicted molar refractivity (Wildman–Crippen MR) is 50.4 cm³/mol. The van der Waals surface area contributed by atoms with Crippen molar-refractivity contribution in [3.63, 3.8) is 0 Å². The van der Waals surface area contributed by atoms with Crippen LogP contribution in [-0.2, 0) is 0 Å². The van der Waals surface area contributed by atoms with Crippen molar-refractivity contribution in [1.29, 1.82) is 0 Å². The van der Waals surface area contributed by atoms with Crippen LogP contribution in [0.5, 0.6) is 0 Å². The van der Waals surface area contributed by atoms with E-state index in [-0.39, 0.29) is 11.6 Å². The molecule has 0 saturated carbocycles. The number of anilines is 1. The van der Waals surface area contributed by atoms with Crippen molar-refractivity contribution in [3.8, 4) is 0 Å². The van der Waals surface area contributed by atoms with Crippen molar-refractivity contribution in [2.24, 2.45) is 5.73 Å². The Balaban J connectivity index is 3.34. The summed E-state index contributed by atoms with van der Waals surface area (Å²) in [5, 5.41) is 8.83. The molecule has 0 radical (unpaired) electrons. The van der Waals surface area contributed by atoms with E-state index in [2.05, 4.69) is 0 Å². The Morgan fingerprint density at radius 2 is 2.15 bits per heavy atom. The van der Waals surface area contributed by atoms with Crippen molar-refractivity contribution in [2.45, 2.75) is 13.0 Å². The number of nitrogens with two attached hydrogens (primary N) is 2. The molecule has 0 fully saturated rings. The van der Waals surface area contributed by atoms with Gasteiger partial charge in [0.15, 0.2) is 0 Å². The average molecular weight is 180 g/mol. The number of nitrogen functional groups attached to an aromatic ring is 1. The second-order valence-corrected chi connectivity index (χ2v) is 2.90. The summed E-state index contributed by atoms with van der Waals surface area (Å²) in [6, 6.07) is 4.37. The second-order valence-electron chi connectivity index (χ2n) is 2.90. The van der Waals surface area contributed by atoms with E-state index in [1.807, 2.05) is 0 Å². The summed E-state index contributed by atoms with van der Waals surface area (Å²) in [5.41, 5.74) is 12.3. The Morgan fingerprint density at radius 1 is 1.54 bits per heavy atom. The molecule has 4 heteroatoms. The summed E-state index contributed by atoms with van der Waals surface area (Å²) in [4.78, 5) is 10.8. The summed E-state index contributed by atoms with van der Waals surface area (Å²) in [5.74, 6) is -1.00. The largest absolute Gasteiger partial charge is 0.478 e. The number of aromatic carboxylic acids is 1. The number of hydrogen-bond donors (Lipinski definition) is 3. The quantitative estimate of drug-likeness (QED) is 0.592. The predicted octanol–water partition coefficient (Wildman–Crippen LogP) is 0.987. The van der Waals surface area contributed by atoms with E-state index >= 15 is 0 Å². The molecular weight excluding hydrogens is 168 g/mol. The number of carboxylic acid groups (broad SMARTS) is 1. The van der Waals surface area contributed by atoms with Crippen molar-refractivity contribution in [1.82, 2.24) is 0 Å². The Hall–Kier alpha value is -1.55. The van der Waals surface area contributed by atoms with Gasteiger partial charge in [0.05, 0.1) is 5.56 Å². The maximum Gasteiger partial charge on any atom is 0.336 e. The molecular formula is C9H12N2O2. The molecule has 4 nitrogen and oxygen atoms in total. The smallest absolute Gasteiger partial charge is 0.336 e. The molecule has 1 aromatic rings. The highest BCUT2D eigenvalue weighted by Crippen LogP contribution is 2.22. The lowest BCUT2D eigenvalue weighted by Gasteiger charge is -2.12. The number of rotatable bonds is 2. The van der Waals surface area contributed by atoms with Crippen LogP contribution in [0, 0.1) is 0 Å². The van der Waals surface area contributed by atoms with Crippen LogP contribution in [0.2, 0.25) is 0 Å². The molecule has 0 aliphatic heterocycles. The van der Waals surface area contributed by atoms with E-state index in [9.17, 15) is 4.79 Å². The zero-order valence-electron chi connectivity index (χ0n) is 7.32. The summed E-state index contributed by atoms with van der Waals surface area (Å²) >= 11 is 0. The van der Waals surface area contributed by atoms with Crippen LogP contribution >= 0.6 is 0 Å². The first-order valence-electron chi connectivity index (χ1n) is 3.91. The average Bonchev–Trinajstić information content (AvgIpc) is 2.02. The third kappa shape index (κ3) is 1.78. The van der Waals surface area contributed by atoms with Gasteiger partial charge < -0.3 is 16.6 Å². The molecule has 0 aliphatic rings. The topological polar surface area (TPSA) is 89.3 Å². The molecule has 0 bridgehead atoms. The summed E-state index contributed by atoms with van der Waals surface area (Å²) in [7, 11) is 0. The normalized spacial score (nSPS) is 12.5. The molecule has 5 N–H and O–H groups in total. The zero-order valence-corrected chi connectivity index (χ0v) is 7.32. The van der Waals surface area contributed by atoms with E-state index < -0.39 is 5.97 Å². The fraction of sp³-hybridized carbons (Fsp3) is 0.222. The third-order valence-electron chi connectivity index (χ3n) is 1.83. The molecule has 0 spiro atoms. The first-order valence-corrected chi connectivity index (χ1v) is 3.91. The molecule has 0 aromatic heterocycles. The van der Waals surface area contributed by atoms with E-state index in [4.69, 9.17) is 16.6 Å². The molecule has 1 aromatic carbocycles. The summed E-state index contributed by atoms with van der Waals surface area (Å²) < 4.78 is 0. The maximum absolute atomic E-state index is 10.8. The Morgan fingerprint density at radius 3 is 2.54 bits per heavy atom. The van der Waals surface area contributed by atoms with Crippen molar-refractivity contribution in [3.05, 3.63) is 29.3 Å². The zero-order chi connectivity index (χ0) is 10.0. The molecule has 0 aliphatic carbocycles. The summed E-state index contributed by atoms with van der Waals surface area (Å²) in [6.07, 6.45) is 0. The van der Waals surface area contributed by atoms with Crippen LogP contribution in [0.25, 0.3) is 0 Å². The van der Waals surface area contributed by atoms with E-state index in [1.165, 1.54) is 6.07 Å². The van der Waals surface area contributed by atoms with Gasteiger partial charge in [-0.15, -0.1) is 0 Å². The Bertz CT molecular complexity index is 334. The summed E-state index contributed by atoms with van der Waals surface area (Å²) in [6.45, 7) is 1.71. The molecule has 1 rings (SSSR count). The van der Waals surface area contributed by atoms with Crippen LogP contribution in [0.15, 0.2) is 18.2 Å². The standard InChI is InChI=1S/C9H12N2O2/c1-5(10)8-6(9(12)13)3-2-4-7(8)11/h2-5H,10-11H2,1H3,(H,12,13)/t5-/m0/s1. The minimum absolute atomic E-state index is 0.176. The van der Waals surface area contributed by atoms with Gasteiger partial charge >= 0.3 is 5.97 Å². The van der Waals surface area contributed by atoms with Crippen molar-refractivity contribution in [2.75, 3.05) is 5.73 Å². The monoisotopic (exact) mass is 180 g/mol. The molecule has 0 unspecified atom stereocenters. The van der Waals surface area contributed by atoms with Crippen LogP contribution in [-0.4, -0.2) is 11.1 Å². The highest BCUT2D eigenvalue weighted by atomic mass is 16.4. The Labute approximate surface area is 76.2 Å². The van der Waals surface area contributed by atoms with Gasteiger partial charge in [-0.3, -0.25) is 0 Å². The first kappa shape index (κ1) is 9.54. The van der Waals surface area contributed by atoms with Crippen molar-refractivity contribution >= 4 is 11.7 Å². The van der Waals surface area contributed by atoms with Gasteiger partial charge in [-0.25, -0.2) is 4.79 Å². The lowest BCUT2D eigenvalue weighted by Crippen LogP contribution is -2.14. The van der Waals surface area contributed by atoms with Gasteiger partial charge in [-0.1, -0.05) is 6.07 Å². The molecule has 0 amide bonds. The van der Waals surface area contributed by atoms with Gasteiger partial charge in [0.1, 0.15) is 0 Å². The molecule has 0 heterocycles. The highest BCUT2D eigenvalue weighted by Gasteiger charge is 2.14. The molecule has 0 saturated heterocycles. The van der Waals surface area contributed by atoms with Gasteiger partial charge in [0.25, 0.3) is 0 Å². The molecule has 70 valence electrons. The van der Waals surface area contributed by atoms with Gasteiger partial charge in [-0.2, -0.15) is 0 Å². The van der Waals surface area contributed by atoms with Crippen molar-refractivity contribution < 1.29 is 9.90 Å².